The Labute approximate surface area is 188 Å². The number of unbranched alkanes of at least 4 members (excludes halogenated alkanes) is 1. The van der Waals surface area contributed by atoms with E-state index < -0.39 is 11.6 Å². The molecular weight excluding hydrogens is 390 g/mol. The van der Waals surface area contributed by atoms with E-state index in [9.17, 15) is 8.78 Å². The van der Waals surface area contributed by atoms with E-state index in [2.05, 4.69) is 6.92 Å². The molecule has 1 aromatic carbocycles. The minimum atomic E-state index is -0.492. The Balaban J connectivity index is 1.35. The van der Waals surface area contributed by atoms with Gasteiger partial charge in [-0.05, 0) is 73.1 Å². The fraction of sp³-hybridized carbons (Fsp3) is 0.714. The van der Waals surface area contributed by atoms with Crippen molar-refractivity contribution in [2.45, 2.75) is 103 Å². The third-order valence-corrected chi connectivity index (χ3v) is 7.93. The van der Waals surface area contributed by atoms with Crippen LogP contribution < -0.4 is 0 Å². The first kappa shape index (κ1) is 24.3. The van der Waals surface area contributed by atoms with Gasteiger partial charge in [0.15, 0.2) is 0 Å². The molecule has 31 heavy (non-hydrogen) atoms. The average molecular weight is 433 g/mol. The zero-order valence-corrected chi connectivity index (χ0v) is 19.7. The highest BCUT2D eigenvalue weighted by atomic mass is 19.1. The van der Waals surface area contributed by atoms with Crippen molar-refractivity contribution in [3.8, 4) is 0 Å². The number of methoxy groups -OCH3 is 1. The van der Waals surface area contributed by atoms with E-state index in [1.54, 1.807) is 0 Å². The zero-order valence-electron chi connectivity index (χ0n) is 19.7. The summed E-state index contributed by atoms with van der Waals surface area (Å²) in [4.78, 5) is 0. The summed E-state index contributed by atoms with van der Waals surface area (Å²) in [5.41, 5.74) is 0.805. The largest absolute Gasteiger partial charge is 0.504 e. The van der Waals surface area contributed by atoms with Gasteiger partial charge in [0.25, 0.3) is 0 Å². The fourth-order valence-electron chi connectivity index (χ4n) is 6.00. The lowest BCUT2D eigenvalue weighted by molar-refractivity contribution is 0.243. The number of hydrogen-bond acceptors (Lipinski definition) is 1. The fourth-order valence-corrected chi connectivity index (χ4v) is 6.00. The third kappa shape index (κ3) is 7.32. The van der Waals surface area contributed by atoms with Crippen LogP contribution in [0.25, 0.3) is 6.08 Å². The van der Waals surface area contributed by atoms with Gasteiger partial charge >= 0.3 is 0 Å². The molecule has 0 saturated heterocycles. The van der Waals surface area contributed by atoms with Gasteiger partial charge in [0.05, 0.1) is 13.4 Å². The molecule has 0 aromatic heterocycles. The lowest BCUT2D eigenvalue weighted by Crippen LogP contribution is -2.15. The molecule has 0 aliphatic heterocycles. The predicted octanol–water partition coefficient (Wildman–Crippen LogP) is 9.02. The molecule has 1 nitrogen and oxygen atoms in total. The number of benzene rings is 1. The second-order valence-corrected chi connectivity index (χ2v) is 10.1. The highest BCUT2D eigenvalue weighted by molar-refractivity contribution is 5.51. The van der Waals surface area contributed by atoms with Crippen LogP contribution in [0.2, 0.25) is 0 Å². The normalized spacial score (nSPS) is 27.0. The minimum Gasteiger partial charge on any atom is -0.504 e. The highest BCUT2D eigenvalue weighted by Crippen LogP contribution is 2.39. The van der Waals surface area contributed by atoms with Crippen molar-refractivity contribution in [3.05, 3.63) is 41.2 Å². The van der Waals surface area contributed by atoms with Crippen LogP contribution in [0.15, 0.2) is 18.4 Å². The van der Waals surface area contributed by atoms with E-state index in [1.165, 1.54) is 109 Å². The molecule has 0 unspecified atom stereocenters. The maximum Gasteiger partial charge on any atom is 0.133 e. The number of hydrogen-bond donors (Lipinski definition) is 0. The summed E-state index contributed by atoms with van der Waals surface area (Å²) in [7, 11) is 1.47. The summed E-state index contributed by atoms with van der Waals surface area (Å²) >= 11 is 0. The van der Waals surface area contributed by atoms with Gasteiger partial charge in [-0.15, -0.1) is 0 Å². The molecule has 2 saturated carbocycles. The van der Waals surface area contributed by atoms with E-state index in [0.29, 0.717) is 5.92 Å². The Bertz CT molecular complexity index is 659. The van der Waals surface area contributed by atoms with Gasteiger partial charge in [-0.3, -0.25) is 0 Å². The molecule has 1 aromatic rings. The van der Waals surface area contributed by atoms with E-state index in [-0.39, 0.29) is 5.56 Å². The van der Waals surface area contributed by atoms with Crippen LogP contribution in [-0.4, -0.2) is 7.11 Å². The monoisotopic (exact) mass is 432 g/mol. The van der Waals surface area contributed by atoms with E-state index in [1.807, 2.05) is 0 Å². The van der Waals surface area contributed by atoms with Crippen molar-refractivity contribution in [3.63, 3.8) is 0 Å². The summed E-state index contributed by atoms with van der Waals surface area (Å²) in [6, 6.07) is 3.05. The Morgan fingerprint density at radius 3 is 1.77 bits per heavy atom. The number of halogens is 2. The number of rotatable bonds is 10. The molecule has 2 aliphatic rings. The van der Waals surface area contributed by atoms with E-state index in [0.717, 1.165) is 36.2 Å². The van der Waals surface area contributed by atoms with Gasteiger partial charge in [-0.25, -0.2) is 8.78 Å². The van der Waals surface area contributed by atoms with Crippen LogP contribution in [0.5, 0.6) is 0 Å². The molecule has 174 valence electrons. The van der Waals surface area contributed by atoms with Crippen LogP contribution in [-0.2, 0) is 4.74 Å². The summed E-state index contributed by atoms with van der Waals surface area (Å²) in [5, 5.41) is 0. The van der Waals surface area contributed by atoms with Crippen molar-refractivity contribution in [1.29, 1.82) is 0 Å². The molecule has 0 heterocycles. The predicted molar refractivity (Wildman–Crippen MR) is 126 cm³/mol. The molecule has 0 N–H and O–H groups in total. The van der Waals surface area contributed by atoms with Crippen LogP contribution in [0.1, 0.15) is 114 Å². The second-order valence-electron chi connectivity index (χ2n) is 10.1. The summed E-state index contributed by atoms with van der Waals surface area (Å²) in [5.74, 6) is 2.10. The van der Waals surface area contributed by atoms with Gasteiger partial charge in [-0.2, -0.15) is 0 Å². The van der Waals surface area contributed by atoms with Crippen molar-refractivity contribution < 1.29 is 13.5 Å². The molecular formula is C28H42F2O. The Hall–Kier alpha value is -1.38. The van der Waals surface area contributed by atoms with E-state index >= 15 is 0 Å². The molecule has 0 atom stereocenters. The van der Waals surface area contributed by atoms with Crippen LogP contribution >= 0.6 is 0 Å². The molecule has 0 amide bonds. The summed E-state index contributed by atoms with van der Waals surface area (Å²) < 4.78 is 33.5. The smallest absolute Gasteiger partial charge is 0.133 e. The van der Waals surface area contributed by atoms with Crippen LogP contribution in [0.4, 0.5) is 8.78 Å². The van der Waals surface area contributed by atoms with Crippen molar-refractivity contribution in [2.24, 2.45) is 17.8 Å². The number of ether oxygens (including phenoxy) is 1. The van der Waals surface area contributed by atoms with Crippen molar-refractivity contribution in [2.75, 3.05) is 7.11 Å². The van der Waals surface area contributed by atoms with Crippen molar-refractivity contribution >= 4 is 6.08 Å². The highest BCUT2D eigenvalue weighted by Gasteiger charge is 2.24. The SMILES string of the molecule is CCC[C@H]1CC[C@H](CCCC[C@H]2CC[C@H](c3cc(F)c(C=COC)c(F)c3)CC2)CC1. The first-order valence-corrected chi connectivity index (χ1v) is 12.8. The summed E-state index contributed by atoms with van der Waals surface area (Å²) in [6.45, 7) is 2.31. The maximum absolute atomic E-state index is 14.3. The van der Waals surface area contributed by atoms with Gasteiger partial charge in [0.1, 0.15) is 11.6 Å². The molecule has 0 bridgehead atoms. The Morgan fingerprint density at radius 2 is 1.29 bits per heavy atom. The standard InChI is InChI=1S/C28H42F2O/c1-3-6-21-9-11-22(12-10-21)7-4-5-8-23-13-15-24(16-14-23)25-19-27(29)26(17-18-31-2)28(30)20-25/h17-24H,3-16H2,1-2H3/t21-,22-,23-,24-. The van der Waals surface area contributed by atoms with Gasteiger partial charge in [-0.1, -0.05) is 71.1 Å². The quantitative estimate of drug-likeness (QED) is 0.265. The van der Waals surface area contributed by atoms with Crippen LogP contribution in [0, 0.1) is 29.4 Å². The molecule has 0 spiro atoms. The average Bonchev–Trinajstić information content (AvgIpc) is 2.78. The molecule has 2 aliphatic carbocycles. The van der Waals surface area contributed by atoms with Crippen molar-refractivity contribution in [1.82, 2.24) is 0 Å². The Kier molecular flexibility index (Phi) is 9.87. The molecule has 2 fully saturated rings. The minimum absolute atomic E-state index is 0.0156. The van der Waals surface area contributed by atoms with Gasteiger partial charge in [0, 0.05) is 5.56 Å². The zero-order chi connectivity index (χ0) is 22.1. The topological polar surface area (TPSA) is 9.23 Å². The first-order valence-electron chi connectivity index (χ1n) is 12.8. The Morgan fingerprint density at radius 1 is 0.806 bits per heavy atom. The lowest BCUT2D eigenvalue weighted by atomic mass is 9.76. The van der Waals surface area contributed by atoms with Gasteiger partial charge < -0.3 is 4.74 Å². The van der Waals surface area contributed by atoms with E-state index in [4.69, 9.17) is 4.74 Å². The maximum atomic E-state index is 14.3. The van der Waals surface area contributed by atoms with Gasteiger partial charge in [0.2, 0.25) is 0 Å². The molecule has 0 radical (unpaired) electrons. The lowest BCUT2D eigenvalue weighted by Gasteiger charge is -2.30. The van der Waals surface area contributed by atoms with Crippen LogP contribution in [0.3, 0.4) is 0 Å². The molecule has 3 heteroatoms. The third-order valence-electron chi connectivity index (χ3n) is 7.93. The molecule has 3 rings (SSSR count). The second kappa shape index (κ2) is 12.6. The summed E-state index contributed by atoms with van der Waals surface area (Å²) in [6.07, 6.45) is 21.3. The first-order chi connectivity index (χ1) is 15.1.